The van der Waals surface area contributed by atoms with Crippen LogP contribution >= 0.6 is 15.9 Å². The molecule has 2 aromatic carbocycles. The minimum absolute atomic E-state index is 0.579. The standard InChI is InChI=1S/C22H21BrN4O/c1-15-20-11-16(6-7-22(20)27-26-15)18-10-19(14-25-13-18)28-9-8-24-12-17-4-2-3-5-21(17)23/h2-7,10-11,13-14,24H,8-9,12H2,1H3,(H,26,27). The van der Waals surface area contributed by atoms with E-state index in [9.17, 15) is 0 Å². The summed E-state index contributed by atoms with van der Waals surface area (Å²) in [5.41, 5.74) is 5.39. The third-order valence-corrected chi connectivity index (χ3v) is 5.39. The number of hydrogen-bond acceptors (Lipinski definition) is 4. The van der Waals surface area contributed by atoms with Crippen molar-refractivity contribution < 1.29 is 4.74 Å². The lowest BCUT2D eigenvalue weighted by Crippen LogP contribution is -2.20. The predicted octanol–water partition coefficient (Wildman–Crippen LogP) is 4.86. The van der Waals surface area contributed by atoms with Crippen molar-refractivity contribution >= 4 is 26.8 Å². The molecule has 0 saturated heterocycles. The van der Waals surface area contributed by atoms with Crippen molar-refractivity contribution in [3.05, 3.63) is 76.7 Å². The van der Waals surface area contributed by atoms with E-state index in [1.807, 2.05) is 43.5 Å². The Morgan fingerprint density at radius 2 is 1.96 bits per heavy atom. The van der Waals surface area contributed by atoms with Crippen molar-refractivity contribution in [2.45, 2.75) is 13.5 Å². The van der Waals surface area contributed by atoms with Gasteiger partial charge in [-0.05, 0) is 42.3 Å². The van der Waals surface area contributed by atoms with Crippen molar-refractivity contribution in [2.75, 3.05) is 13.2 Å². The topological polar surface area (TPSA) is 62.8 Å². The zero-order valence-electron chi connectivity index (χ0n) is 15.6. The van der Waals surface area contributed by atoms with Gasteiger partial charge in [0.15, 0.2) is 0 Å². The summed E-state index contributed by atoms with van der Waals surface area (Å²) in [6.07, 6.45) is 3.60. The summed E-state index contributed by atoms with van der Waals surface area (Å²) in [6.45, 7) is 4.13. The van der Waals surface area contributed by atoms with Gasteiger partial charge in [0.1, 0.15) is 12.4 Å². The summed E-state index contributed by atoms with van der Waals surface area (Å²) in [4.78, 5) is 4.33. The molecule has 0 unspecified atom stereocenters. The minimum atomic E-state index is 0.579. The molecule has 2 N–H and O–H groups in total. The van der Waals surface area contributed by atoms with Gasteiger partial charge < -0.3 is 10.1 Å². The van der Waals surface area contributed by atoms with E-state index < -0.39 is 0 Å². The van der Waals surface area contributed by atoms with Gasteiger partial charge in [0.05, 0.1) is 17.4 Å². The van der Waals surface area contributed by atoms with Gasteiger partial charge in [-0.3, -0.25) is 10.1 Å². The molecule has 2 aromatic heterocycles. The maximum absolute atomic E-state index is 5.88. The van der Waals surface area contributed by atoms with E-state index >= 15 is 0 Å². The number of nitrogens with one attached hydrogen (secondary N) is 2. The summed E-state index contributed by atoms with van der Waals surface area (Å²) < 4.78 is 6.99. The molecule has 142 valence electrons. The minimum Gasteiger partial charge on any atom is -0.491 e. The van der Waals surface area contributed by atoms with Gasteiger partial charge in [0, 0.05) is 34.7 Å². The maximum atomic E-state index is 5.88. The molecule has 0 radical (unpaired) electrons. The highest BCUT2D eigenvalue weighted by Crippen LogP contribution is 2.26. The monoisotopic (exact) mass is 436 g/mol. The molecule has 0 aliphatic heterocycles. The van der Waals surface area contributed by atoms with Crippen LogP contribution in [0.2, 0.25) is 0 Å². The SMILES string of the molecule is Cc1n[nH]c2ccc(-c3cncc(OCCNCc4ccccc4Br)c3)cc12. The van der Waals surface area contributed by atoms with Crippen LogP contribution in [-0.4, -0.2) is 28.3 Å². The van der Waals surface area contributed by atoms with Crippen LogP contribution in [0.5, 0.6) is 5.75 Å². The molecule has 0 bridgehead atoms. The molecule has 0 spiro atoms. The van der Waals surface area contributed by atoms with E-state index in [4.69, 9.17) is 4.74 Å². The largest absolute Gasteiger partial charge is 0.491 e. The van der Waals surface area contributed by atoms with Crippen LogP contribution in [0.4, 0.5) is 0 Å². The van der Waals surface area contributed by atoms with Gasteiger partial charge in [-0.1, -0.05) is 40.2 Å². The zero-order valence-corrected chi connectivity index (χ0v) is 17.2. The van der Waals surface area contributed by atoms with Crippen LogP contribution in [-0.2, 0) is 6.54 Å². The van der Waals surface area contributed by atoms with Crippen LogP contribution < -0.4 is 10.1 Å². The predicted molar refractivity (Wildman–Crippen MR) is 115 cm³/mol. The molecular weight excluding hydrogens is 416 g/mol. The quantitative estimate of drug-likeness (QED) is 0.405. The molecular formula is C22H21BrN4O. The Morgan fingerprint density at radius 1 is 1.07 bits per heavy atom. The van der Waals surface area contributed by atoms with E-state index in [0.717, 1.165) is 51.0 Å². The van der Waals surface area contributed by atoms with E-state index in [-0.39, 0.29) is 0 Å². The average molecular weight is 437 g/mol. The number of fused-ring (bicyclic) bond motifs is 1. The summed E-state index contributed by atoms with van der Waals surface area (Å²) >= 11 is 3.56. The van der Waals surface area contributed by atoms with Crippen LogP contribution in [0.1, 0.15) is 11.3 Å². The van der Waals surface area contributed by atoms with Gasteiger partial charge in [-0.2, -0.15) is 5.10 Å². The number of aryl methyl sites for hydroxylation is 1. The first-order chi connectivity index (χ1) is 13.7. The average Bonchev–Trinajstić information content (AvgIpc) is 3.09. The lowest BCUT2D eigenvalue weighted by Gasteiger charge is -2.10. The Hall–Kier alpha value is -2.70. The lowest BCUT2D eigenvalue weighted by atomic mass is 10.0. The second-order valence-corrected chi connectivity index (χ2v) is 7.45. The van der Waals surface area contributed by atoms with E-state index in [1.54, 1.807) is 6.20 Å². The molecule has 28 heavy (non-hydrogen) atoms. The summed E-state index contributed by atoms with van der Waals surface area (Å²) in [6, 6.07) is 16.5. The number of pyridine rings is 1. The third kappa shape index (κ3) is 4.24. The Morgan fingerprint density at radius 3 is 2.86 bits per heavy atom. The van der Waals surface area contributed by atoms with Crippen molar-refractivity contribution in [1.29, 1.82) is 0 Å². The molecule has 4 aromatic rings. The second-order valence-electron chi connectivity index (χ2n) is 6.60. The summed E-state index contributed by atoms with van der Waals surface area (Å²) in [5.74, 6) is 0.768. The van der Waals surface area contributed by atoms with Gasteiger partial charge in [-0.25, -0.2) is 0 Å². The number of aromatic nitrogens is 3. The zero-order chi connectivity index (χ0) is 19.3. The Balaban J connectivity index is 1.36. The van der Waals surface area contributed by atoms with Crippen LogP contribution in [0, 0.1) is 6.92 Å². The third-order valence-electron chi connectivity index (χ3n) is 4.62. The highest BCUT2D eigenvalue weighted by Gasteiger charge is 2.06. The normalized spacial score (nSPS) is 11.1. The molecule has 6 heteroatoms. The van der Waals surface area contributed by atoms with Gasteiger partial charge in [0.2, 0.25) is 0 Å². The molecule has 0 aliphatic rings. The van der Waals surface area contributed by atoms with Crippen molar-refractivity contribution in [3.8, 4) is 16.9 Å². The van der Waals surface area contributed by atoms with Crippen molar-refractivity contribution in [2.24, 2.45) is 0 Å². The van der Waals surface area contributed by atoms with Crippen LogP contribution in [0.3, 0.4) is 0 Å². The molecule has 0 saturated carbocycles. The number of nitrogens with zero attached hydrogens (tertiary/aromatic N) is 2. The highest BCUT2D eigenvalue weighted by atomic mass is 79.9. The number of hydrogen-bond donors (Lipinski definition) is 2. The Kier molecular flexibility index (Phi) is 5.69. The smallest absolute Gasteiger partial charge is 0.138 e. The molecule has 0 amide bonds. The maximum Gasteiger partial charge on any atom is 0.138 e. The lowest BCUT2D eigenvalue weighted by molar-refractivity contribution is 0.312. The number of aromatic amines is 1. The number of rotatable bonds is 7. The number of halogens is 1. The summed E-state index contributed by atoms with van der Waals surface area (Å²) in [5, 5.41) is 11.8. The fourth-order valence-corrected chi connectivity index (χ4v) is 3.51. The number of ether oxygens (including phenoxy) is 1. The van der Waals surface area contributed by atoms with Crippen molar-refractivity contribution in [1.82, 2.24) is 20.5 Å². The van der Waals surface area contributed by atoms with E-state index in [0.29, 0.717) is 6.61 Å². The van der Waals surface area contributed by atoms with E-state index in [2.05, 4.69) is 54.6 Å². The number of H-pyrrole nitrogens is 1. The van der Waals surface area contributed by atoms with Crippen LogP contribution in [0.25, 0.3) is 22.0 Å². The number of benzene rings is 2. The molecule has 4 rings (SSSR count). The van der Waals surface area contributed by atoms with Crippen molar-refractivity contribution in [3.63, 3.8) is 0 Å². The molecule has 5 nitrogen and oxygen atoms in total. The van der Waals surface area contributed by atoms with E-state index in [1.165, 1.54) is 5.56 Å². The first-order valence-electron chi connectivity index (χ1n) is 9.18. The second kappa shape index (κ2) is 8.54. The molecule has 0 fully saturated rings. The van der Waals surface area contributed by atoms with Gasteiger partial charge in [-0.15, -0.1) is 0 Å². The highest BCUT2D eigenvalue weighted by molar-refractivity contribution is 9.10. The Bertz CT molecular complexity index is 1090. The molecule has 2 heterocycles. The van der Waals surface area contributed by atoms with Gasteiger partial charge in [0.25, 0.3) is 0 Å². The first kappa shape index (κ1) is 18.7. The summed E-state index contributed by atoms with van der Waals surface area (Å²) in [7, 11) is 0. The fourth-order valence-electron chi connectivity index (χ4n) is 3.09. The molecule has 0 aliphatic carbocycles. The van der Waals surface area contributed by atoms with Crippen LogP contribution in [0.15, 0.2) is 65.4 Å². The Labute approximate surface area is 172 Å². The molecule has 0 atom stereocenters. The van der Waals surface area contributed by atoms with Gasteiger partial charge >= 0.3 is 0 Å². The first-order valence-corrected chi connectivity index (χ1v) is 9.97. The fraction of sp³-hybridized carbons (Fsp3) is 0.182.